The van der Waals surface area contributed by atoms with Crippen LogP contribution in [0.4, 0.5) is 0 Å². The van der Waals surface area contributed by atoms with Gasteiger partial charge in [0.05, 0.1) is 13.0 Å². The van der Waals surface area contributed by atoms with Crippen LogP contribution >= 0.6 is 0 Å². The molecule has 30 heavy (non-hydrogen) atoms. The van der Waals surface area contributed by atoms with Gasteiger partial charge in [0, 0.05) is 6.42 Å². The number of methoxy groups -OCH3 is 1. The van der Waals surface area contributed by atoms with E-state index in [1.807, 2.05) is 25.1 Å². The maximum atomic E-state index is 13.2. The number of esters is 1. The number of fused-ring (bicyclic) bond motifs is 1. The van der Waals surface area contributed by atoms with E-state index in [1.165, 1.54) is 0 Å². The second-order valence-corrected chi connectivity index (χ2v) is 8.07. The minimum atomic E-state index is -1.61. The molecule has 0 amide bonds. The molecule has 3 aromatic carbocycles. The number of carbonyl (C=O) groups excluding carboxylic acids is 1. The standard InChI is InChI=1S/C25H22O5/c1-15-7-9-16(10-8-15)30-23(26)22-14-24(27)18-5-3-4-6-19(18)25(22,28)20-12-11-17(29-2)13-21(20)24/h3-13,22,27-28H,14H2,1-2H3. The first-order valence-corrected chi connectivity index (χ1v) is 9.90. The van der Waals surface area contributed by atoms with Gasteiger partial charge >= 0.3 is 5.97 Å². The van der Waals surface area contributed by atoms with Crippen molar-refractivity contribution < 1.29 is 24.5 Å². The van der Waals surface area contributed by atoms with Crippen LogP contribution in [0.25, 0.3) is 0 Å². The average Bonchev–Trinajstić information content (AvgIpc) is 2.77. The van der Waals surface area contributed by atoms with Crippen LogP contribution in [0.2, 0.25) is 0 Å². The van der Waals surface area contributed by atoms with Crippen LogP contribution in [0, 0.1) is 12.8 Å². The van der Waals surface area contributed by atoms with Crippen molar-refractivity contribution in [1.29, 1.82) is 0 Å². The number of ether oxygens (including phenoxy) is 2. The monoisotopic (exact) mass is 402 g/mol. The van der Waals surface area contributed by atoms with Gasteiger partial charge in [-0.2, -0.15) is 0 Å². The molecule has 3 aromatic rings. The molecule has 0 spiro atoms. The van der Waals surface area contributed by atoms with Crippen molar-refractivity contribution in [3.8, 4) is 11.5 Å². The van der Waals surface area contributed by atoms with Crippen LogP contribution in [0.15, 0.2) is 66.7 Å². The highest BCUT2D eigenvalue weighted by Gasteiger charge is 2.62. The Kier molecular flexibility index (Phi) is 4.04. The first kappa shape index (κ1) is 18.9. The van der Waals surface area contributed by atoms with Crippen molar-refractivity contribution in [2.24, 2.45) is 5.92 Å². The molecule has 0 saturated heterocycles. The fourth-order valence-corrected chi connectivity index (χ4v) is 4.88. The second-order valence-electron chi connectivity index (χ2n) is 8.07. The van der Waals surface area contributed by atoms with Gasteiger partial charge in [-0.05, 0) is 53.4 Å². The van der Waals surface area contributed by atoms with E-state index in [2.05, 4.69) is 0 Å². The number of aliphatic hydroxyl groups is 2. The van der Waals surface area contributed by atoms with Crippen molar-refractivity contribution in [3.05, 3.63) is 94.5 Å². The summed E-state index contributed by atoms with van der Waals surface area (Å²) in [6.07, 6.45) is 0.0192. The third kappa shape index (κ3) is 2.46. The Morgan fingerprint density at radius 2 is 1.53 bits per heavy atom. The maximum Gasteiger partial charge on any atom is 0.318 e. The van der Waals surface area contributed by atoms with E-state index in [1.54, 1.807) is 55.6 Å². The minimum Gasteiger partial charge on any atom is -0.497 e. The molecule has 3 aliphatic rings. The Labute approximate surface area is 174 Å². The zero-order valence-electron chi connectivity index (χ0n) is 16.8. The van der Waals surface area contributed by atoms with Gasteiger partial charge in [0.1, 0.15) is 22.7 Å². The summed E-state index contributed by atoms with van der Waals surface area (Å²) in [5, 5.41) is 23.8. The maximum absolute atomic E-state index is 13.2. The minimum absolute atomic E-state index is 0.0192. The van der Waals surface area contributed by atoms with Crippen molar-refractivity contribution in [1.82, 2.24) is 0 Å². The van der Waals surface area contributed by atoms with Crippen molar-refractivity contribution in [2.75, 3.05) is 7.11 Å². The summed E-state index contributed by atoms with van der Waals surface area (Å²) in [7, 11) is 1.55. The number of hydrogen-bond donors (Lipinski definition) is 2. The molecule has 3 atom stereocenters. The van der Waals surface area contributed by atoms with E-state index < -0.39 is 23.1 Å². The number of rotatable bonds is 3. The Morgan fingerprint density at radius 3 is 2.23 bits per heavy atom. The van der Waals surface area contributed by atoms with Crippen LogP contribution in [0.5, 0.6) is 11.5 Å². The fraction of sp³-hybridized carbons (Fsp3) is 0.240. The van der Waals surface area contributed by atoms with Gasteiger partial charge in [-0.25, -0.2) is 0 Å². The van der Waals surface area contributed by atoms with E-state index >= 15 is 0 Å². The zero-order chi connectivity index (χ0) is 21.1. The first-order chi connectivity index (χ1) is 14.4. The number of aryl methyl sites for hydroxylation is 1. The quantitative estimate of drug-likeness (QED) is 0.519. The molecule has 6 rings (SSSR count). The lowest BCUT2D eigenvalue weighted by Gasteiger charge is -2.53. The van der Waals surface area contributed by atoms with Gasteiger partial charge in [-0.15, -0.1) is 0 Å². The van der Waals surface area contributed by atoms with Crippen LogP contribution in [-0.4, -0.2) is 23.3 Å². The molecule has 0 saturated carbocycles. The van der Waals surface area contributed by atoms with Crippen molar-refractivity contribution in [2.45, 2.75) is 24.5 Å². The molecule has 152 valence electrons. The van der Waals surface area contributed by atoms with Crippen LogP contribution in [0.1, 0.15) is 34.2 Å². The lowest BCUT2D eigenvalue weighted by Crippen LogP contribution is -2.57. The number of benzene rings is 3. The molecule has 5 nitrogen and oxygen atoms in total. The van der Waals surface area contributed by atoms with Gasteiger partial charge in [0.25, 0.3) is 0 Å². The summed E-state index contributed by atoms with van der Waals surface area (Å²) in [5.74, 6) is -0.546. The zero-order valence-corrected chi connectivity index (χ0v) is 16.8. The van der Waals surface area contributed by atoms with Gasteiger partial charge in [-0.3, -0.25) is 4.79 Å². The Hall–Kier alpha value is -3.15. The largest absolute Gasteiger partial charge is 0.497 e. The molecule has 5 heteroatoms. The highest BCUT2D eigenvalue weighted by molar-refractivity contribution is 5.81. The van der Waals surface area contributed by atoms with Crippen molar-refractivity contribution >= 4 is 5.97 Å². The molecular formula is C25H22O5. The van der Waals surface area contributed by atoms with Crippen LogP contribution in [-0.2, 0) is 16.0 Å². The summed E-state index contributed by atoms with van der Waals surface area (Å²) in [6, 6.07) is 19.5. The summed E-state index contributed by atoms with van der Waals surface area (Å²) >= 11 is 0. The summed E-state index contributed by atoms with van der Waals surface area (Å²) in [5.41, 5.74) is 0.210. The topological polar surface area (TPSA) is 76.0 Å². The molecule has 3 aliphatic carbocycles. The summed E-state index contributed by atoms with van der Waals surface area (Å²) < 4.78 is 10.9. The molecule has 2 N–H and O–H groups in total. The Balaban J connectivity index is 1.65. The highest BCUT2D eigenvalue weighted by Crippen LogP contribution is 2.60. The molecule has 0 fully saturated rings. The normalized spacial score (nSPS) is 25.9. The molecule has 0 aromatic heterocycles. The Morgan fingerprint density at radius 1 is 0.900 bits per heavy atom. The molecule has 0 aliphatic heterocycles. The lowest BCUT2D eigenvalue weighted by atomic mass is 9.54. The van der Waals surface area contributed by atoms with Gasteiger partial charge in [0.2, 0.25) is 0 Å². The smallest absolute Gasteiger partial charge is 0.318 e. The molecule has 0 heterocycles. The van der Waals surface area contributed by atoms with Gasteiger partial charge in [0.15, 0.2) is 0 Å². The highest BCUT2D eigenvalue weighted by atomic mass is 16.5. The van der Waals surface area contributed by atoms with E-state index in [-0.39, 0.29) is 6.42 Å². The average molecular weight is 402 g/mol. The van der Waals surface area contributed by atoms with Gasteiger partial charge < -0.3 is 19.7 Å². The van der Waals surface area contributed by atoms with Gasteiger partial charge in [-0.1, -0.05) is 48.0 Å². The number of carbonyl (C=O) groups is 1. The predicted octanol–water partition coefficient (Wildman–Crippen LogP) is 3.41. The SMILES string of the molecule is COc1ccc2c(c1)C1(O)CC(C(=O)Oc3ccc(C)cc3)C2(O)c2ccccc21. The molecule has 2 bridgehead atoms. The van der Waals surface area contributed by atoms with E-state index in [4.69, 9.17) is 9.47 Å². The lowest BCUT2D eigenvalue weighted by molar-refractivity contribution is -0.157. The second kappa shape index (κ2) is 6.42. The van der Waals surface area contributed by atoms with E-state index in [0.717, 1.165) is 5.56 Å². The summed E-state index contributed by atoms with van der Waals surface area (Å²) in [6.45, 7) is 1.95. The first-order valence-electron chi connectivity index (χ1n) is 9.90. The fourth-order valence-electron chi connectivity index (χ4n) is 4.88. The van der Waals surface area contributed by atoms with Crippen molar-refractivity contribution in [3.63, 3.8) is 0 Å². The number of hydrogen-bond acceptors (Lipinski definition) is 5. The Bertz CT molecular complexity index is 1150. The third-order valence-electron chi connectivity index (χ3n) is 6.39. The van der Waals surface area contributed by atoms with Crippen LogP contribution in [0.3, 0.4) is 0 Å². The molecule has 3 unspecified atom stereocenters. The van der Waals surface area contributed by atoms with Crippen LogP contribution < -0.4 is 9.47 Å². The van der Waals surface area contributed by atoms with E-state index in [9.17, 15) is 15.0 Å². The molecular weight excluding hydrogens is 380 g/mol. The third-order valence-corrected chi connectivity index (χ3v) is 6.39. The predicted molar refractivity (Wildman–Crippen MR) is 110 cm³/mol. The van der Waals surface area contributed by atoms with E-state index in [0.29, 0.717) is 33.8 Å². The summed E-state index contributed by atoms with van der Waals surface area (Å²) in [4.78, 5) is 13.2. The molecule has 0 radical (unpaired) electrons.